The van der Waals surface area contributed by atoms with Gasteiger partial charge in [0.05, 0.1) is 18.6 Å². The summed E-state index contributed by atoms with van der Waals surface area (Å²) in [5.41, 5.74) is 6.78. The molecule has 0 fully saturated rings. The van der Waals surface area contributed by atoms with Crippen LogP contribution in [0.5, 0.6) is 0 Å². The topological polar surface area (TPSA) is 151 Å². The van der Waals surface area contributed by atoms with Crippen molar-refractivity contribution in [3.05, 3.63) is 102 Å². The van der Waals surface area contributed by atoms with Crippen molar-refractivity contribution < 1.29 is 27.9 Å². The molecule has 0 unspecified atom stereocenters. The minimum atomic E-state index is -3.87. The van der Waals surface area contributed by atoms with Crippen LogP contribution in [0.1, 0.15) is 62.6 Å². The van der Waals surface area contributed by atoms with Gasteiger partial charge in [-0.3, -0.25) is 4.79 Å². The Morgan fingerprint density at radius 1 is 0.935 bits per heavy atom. The van der Waals surface area contributed by atoms with Crippen molar-refractivity contribution in [1.82, 2.24) is 14.9 Å². The van der Waals surface area contributed by atoms with Crippen LogP contribution < -0.4 is 16.4 Å². The molecule has 46 heavy (non-hydrogen) atoms. The van der Waals surface area contributed by atoms with Crippen LogP contribution in [-0.4, -0.2) is 68.2 Å². The molecular weight excluding hydrogens is 604 g/mol. The van der Waals surface area contributed by atoms with Gasteiger partial charge in [0.2, 0.25) is 15.9 Å². The molecule has 11 heteroatoms. The number of nitrogens with one attached hydrogen (secondary N) is 2. The van der Waals surface area contributed by atoms with E-state index < -0.39 is 33.6 Å². The number of unbranched alkanes of at least 4 members (excludes halogenated alkanes) is 1. The summed E-state index contributed by atoms with van der Waals surface area (Å²) in [5, 5.41) is 16.1. The highest BCUT2D eigenvalue weighted by molar-refractivity contribution is 7.89. The molecule has 0 aliphatic heterocycles. The molecule has 250 valence electrons. The quantitative estimate of drug-likeness (QED) is 0.158. The van der Waals surface area contributed by atoms with Crippen molar-refractivity contribution in [2.24, 2.45) is 11.7 Å². The average Bonchev–Trinajstić information content (AvgIpc) is 3.06. The second-order valence-electron chi connectivity index (χ2n) is 12.0. The third kappa shape index (κ3) is 9.38. The lowest BCUT2D eigenvalue weighted by atomic mass is 9.75. The monoisotopic (exact) mass is 652 g/mol. The van der Waals surface area contributed by atoms with Gasteiger partial charge in [0.1, 0.15) is 5.54 Å². The first-order valence-corrected chi connectivity index (χ1v) is 17.1. The van der Waals surface area contributed by atoms with E-state index in [4.69, 9.17) is 10.5 Å². The third-order valence-corrected chi connectivity index (χ3v) is 9.97. The molecule has 0 aliphatic carbocycles. The van der Waals surface area contributed by atoms with E-state index in [0.717, 1.165) is 16.7 Å². The molecule has 3 aromatic carbocycles. The predicted octanol–water partition coefficient (Wildman–Crippen LogP) is 4.39. The Morgan fingerprint density at radius 2 is 1.50 bits per heavy atom. The van der Waals surface area contributed by atoms with Crippen LogP contribution >= 0.6 is 0 Å². The van der Waals surface area contributed by atoms with Crippen LogP contribution in [0.2, 0.25) is 0 Å². The Balaban J connectivity index is 1.74. The number of alkyl carbamates (subject to hydrolysis) is 1. The normalized spacial score (nSPS) is 13.8. The maximum atomic E-state index is 13.9. The number of methoxy groups -OCH3 is 1. The number of aliphatic hydroxyl groups is 1. The zero-order chi connectivity index (χ0) is 33.7. The van der Waals surface area contributed by atoms with Crippen molar-refractivity contribution >= 4 is 22.0 Å². The molecule has 3 aromatic rings. The maximum absolute atomic E-state index is 13.9. The zero-order valence-corrected chi connectivity index (χ0v) is 28.0. The summed E-state index contributed by atoms with van der Waals surface area (Å²) in [6, 6.07) is 24.8. The van der Waals surface area contributed by atoms with E-state index >= 15 is 0 Å². The van der Waals surface area contributed by atoms with Crippen LogP contribution in [0.25, 0.3) is 0 Å². The fraction of sp³-hybridized carbons (Fsp3) is 0.429. The molecule has 3 rings (SSSR count). The van der Waals surface area contributed by atoms with E-state index in [1.54, 1.807) is 31.2 Å². The van der Waals surface area contributed by atoms with Crippen molar-refractivity contribution in [3.63, 3.8) is 0 Å². The molecule has 0 radical (unpaired) electrons. The molecule has 2 amide bonds. The van der Waals surface area contributed by atoms with Gasteiger partial charge in [-0.2, -0.15) is 4.31 Å². The number of sulfonamides is 1. The fourth-order valence-corrected chi connectivity index (χ4v) is 7.44. The Bertz CT molecular complexity index is 1450. The SMILES string of the molecule is COC(=O)N[C@@](C)(C(=O)NCCCC[C@@H](CO)N(CC(C)C)S(=O)(=O)c1ccc(CN)cc1)C(c1ccccc1)c1ccccc1. The highest BCUT2D eigenvalue weighted by atomic mass is 32.2. The number of nitrogens with zero attached hydrogens (tertiary/aromatic N) is 1. The van der Waals surface area contributed by atoms with Gasteiger partial charge in [0.25, 0.3) is 0 Å². The number of ether oxygens (including phenoxy) is 1. The van der Waals surface area contributed by atoms with Crippen molar-refractivity contribution in [3.8, 4) is 0 Å². The summed E-state index contributed by atoms with van der Waals surface area (Å²) in [4.78, 5) is 26.6. The van der Waals surface area contributed by atoms with E-state index in [1.807, 2.05) is 74.5 Å². The first-order valence-electron chi connectivity index (χ1n) is 15.6. The lowest BCUT2D eigenvalue weighted by Crippen LogP contribution is -2.60. The second kappa shape index (κ2) is 17.2. The Labute approximate surface area is 273 Å². The number of nitrogens with two attached hydrogens (primary N) is 1. The molecule has 0 saturated carbocycles. The number of rotatable bonds is 17. The largest absolute Gasteiger partial charge is 0.453 e. The number of amides is 2. The summed E-state index contributed by atoms with van der Waals surface area (Å²) in [6.45, 7) is 6.05. The summed E-state index contributed by atoms with van der Waals surface area (Å²) in [6.07, 6.45) is 0.736. The number of benzene rings is 3. The highest BCUT2D eigenvalue weighted by Gasteiger charge is 2.44. The lowest BCUT2D eigenvalue weighted by Gasteiger charge is -2.37. The van der Waals surface area contributed by atoms with Gasteiger partial charge in [0, 0.05) is 31.6 Å². The highest BCUT2D eigenvalue weighted by Crippen LogP contribution is 2.35. The number of hydrogen-bond donors (Lipinski definition) is 4. The Hall–Kier alpha value is -3.77. The number of hydrogen-bond acceptors (Lipinski definition) is 7. The summed E-state index contributed by atoms with van der Waals surface area (Å²) in [7, 11) is -2.62. The molecule has 0 bridgehead atoms. The minimum absolute atomic E-state index is 0.0357. The van der Waals surface area contributed by atoms with E-state index in [1.165, 1.54) is 11.4 Å². The van der Waals surface area contributed by atoms with Gasteiger partial charge in [-0.1, -0.05) is 93.1 Å². The van der Waals surface area contributed by atoms with Crippen LogP contribution in [0, 0.1) is 5.92 Å². The molecule has 0 aliphatic rings. The molecule has 5 N–H and O–H groups in total. The summed E-state index contributed by atoms with van der Waals surface area (Å²) >= 11 is 0. The number of aliphatic hydroxyl groups excluding tert-OH is 1. The van der Waals surface area contributed by atoms with Crippen molar-refractivity contribution in [2.75, 3.05) is 26.8 Å². The number of carbonyl (C=O) groups excluding carboxylic acids is 2. The molecule has 0 aromatic heterocycles. The van der Waals surface area contributed by atoms with Crippen LogP contribution in [0.4, 0.5) is 4.79 Å². The zero-order valence-electron chi connectivity index (χ0n) is 27.2. The standard InChI is InChI=1S/C35H48N4O6S/c1-26(2)24-39(46(43,44)31-20-18-27(23-36)19-21-31)30(25-40)17-11-12-22-37-33(41)35(3,38-34(42)45-4)32(28-13-7-5-8-14-28)29-15-9-6-10-16-29/h5-10,13-16,18-21,26,30,32,40H,11-12,17,22-25,36H2,1-4H3,(H,37,41)(H,38,42)/t30-,35+/m0/s1. The Morgan fingerprint density at radius 3 is 1.98 bits per heavy atom. The fourth-order valence-electron chi connectivity index (χ4n) is 5.63. The van der Waals surface area contributed by atoms with E-state index in [9.17, 15) is 23.1 Å². The minimum Gasteiger partial charge on any atom is -0.453 e. The van der Waals surface area contributed by atoms with E-state index in [-0.39, 0.29) is 36.4 Å². The molecule has 0 saturated heterocycles. The molecule has 10 nitrogen and oxygen atoms in total. The molecular formula is C35H48N4O6S. The average molecular weight is 653 g/mol. The first-order chi connectivity index (χ1) is 22.0. The third-order valence-electron chi connectivity index (χ3n) is 8.04. The van der Waals surface area contributed by atoms with Gasteiger partial charge in [0.15, 0.2) is 0 Å². The molecule has 0 heterocycles. The molecule has 2 atom stereocenters. The van der Waals surface area contributed by atoms with Gasteiger partial charge in [-0.15, -0.1) is 0 Å². The van der Waals surface area contributed by atoms with E-state index in [0.29, 0.717) is 25.8 Å². The maximum Gasteiger partial charge on any atom is 0.407 e. The van der Waals surface area contributed by atoms with E-state index in [2.05, 4.69) is 10.6 Å². The lowest BCUT2D eigenvalue weighted by molar-refractivity contribution is -0.127. The van der Waals surface area contributed by atoms with Crippen LogP contribution in [0.3, 0.4) is 0 Å². The molecule has 0 spiro atoms. The van der Waals surface area contributed by atoms with Gasteiger partial charge in [-0.25, -0.2) is 13.2 Å². The summed E-state index contributed by atoms with van der Waals surface area (Å²) < 4.78 is 33.6. The smallest absolute Gasteiger partial charge is 0.407 e. The van der Waals surface area contributed by atoms with Crippen LogP contribution in [-0.2, 0) is 26.1 Å². The summed E-state index contributed by atoms with van der Waals surface area (Å²) in [5.74, 6) is -0.880. The van der Waals surface area contributed by atoms with Gasteiger partial charge < -0.3 is 26.2 Å². The number of carbonyl (C=O) groups is 2. The van der Waals surface area contributed by atoms with Crippen molar-refractivity contribution in [1.29, 1.82) is 0 Å². The van der Waals surface area contributed by atoms with Crippen molar-refractivity contribution in [2.45, 2.75) is 69.0 Å². The Kier molecular flexibility index (Phi) is 13.7. The van der Waals surface area contributed by atoms with Crippen LogP contribution in [0.15, 0.2) is 89.8 Å². The first kappa shape index (κ1) is 36.7. The predicted molar refractivity (Wildman–Crippen MR) is 179 cm³/mol. The second-order valence-corrected chi connectivity index (χ2v) is 13.9. The van der Waals surface area contributed by atoms with Gasteiger partial charge >= 0.3 is 6.09 Å². The van der Waals surface area contributed by atoms with Gasteiger partial charge in [-0.05, 0) is 54.5 Å².